The molecule has 0 saturated carbocycles. The van der Waals surface area contributed by atoms with Gasteiger partial charge in [0.2, 0.25) is 5.91 Å². The maximum atomic E-state index is 12.8. The summed E-state index contributed by atoms with van der Waals surface area (Å²) in [6, 6.07) is 23.9. The number of hydrogen-bond acceptors (Lipinski definition) is 12. The van der Waals surface area contributed by atoms with E-state index in [1.807, 2.05) is 31.3 Å². The summed E-state index contributed by atoms with van der Waals surface area (Å²) in [5.41, 5.74) is 12.3. The van der Waals surface area contributed by atoms with Gasteiger partial charge in [0.1, 0.15) is 29.2 Å². The normalized spacial score (nSPS) is 12.1. The number of nitrogens with two attached hydrogens (primary N) is 1. The largest absolute Gasteiger partial charge is 0.497 e. The van der Waals surface area contributed by atoms with Gasteiger partial charge in [0.25, 0.3) is 10.1 Å². The van der Waals surface area contributed by atoms with Crippen molar-refractivity contribution >= 4 is 75.5 Å². The summed E-state index contributed by atoms with van der Waals surface area (Å²) in [7, 11) is -2.48. The van der Waals surface area contributed by atoms with E-state index in [0.29, 0.717) is 18.1 Å². The number of carbonyl (C=O) groups excluding carboxylic acids is 1. The topological polar surface area (TPSA) is 338 Å². The third kappa shape index (κ3) is 25.3. The Labute approximate surface area is 439 Å². The molecule has 76 heavy (non-hydrogen) atoms. The van der Waals surface area contributed by atoms with Crippen molar-refractivity contribution in [2.45, 2.75) is 64.0 Å². The molecule has 1 aliphatic rings. The maximum absolute atomic E-state index is 12.8. The van der Waals surface area contributed by atoms with Crippen LogP contribution in [0, 0.1) is 24.4 Å². The summed E-state index contributed by atoms with van der Waals surface area (Å²) in [5, 5.41) is 53.5. The highest BCUT2D eigenvalue weighted by molar-refractivity contribution is 7.85. The fraction of sp³-hybridized carbons (Fsp3) is 0.250. The smallest absolute Gasteiger partial charge is 0.337 e. The Bertz CT molecular complexity index is 2980. The van der Waals surface area contributed by atoms with Crippen molar-refractivity contribution in [3.8, 4) is 5.75 Å². The van der Waals surface area contributed by atoms with Gasteiger partial charge in [-0.1, -0.05) is 35.9 Å². The molecule has 1 unspecified atom stereocenters. The van der Waals surface area contributed by atoms with E-state index in [2.05, 4.69) is 28.5 Å². The number of nitrogens with zero attached hydrogens (tertiary/aromatic N) is 1. The molecule has 2 atom stereocenters. The number of aryl methyl sites for hydroxylation is 4. The Morgan fingerprint density at radius 3 is 2.01 bits per heavy atom. The number of aliphatic imine (C=N–C) groups is 1. The number of methoxy groups -OCH3 is 1. The van der Waals surface area contributed by atoms with Crippen LogP contribution < -0.4 is 15.8 Å². The number of rotatable bonds is 18. The molecular formula is C52H55ClF3N3O16S. The van der Waals surface area contributed by atoms with Gasteiger partial charge in [0, 0.05) is 43.3 Å². The Morgan fingerprint density at radius 1 is 0.803 bits per heavy atom. The van der Waals surface area contributed by atoms with Crippen molar-refractivity contribution in [3.63, 3.8) is 0 Å². The fourth-order valence-corrected chi connectivity index (χ4v) is 6.76. The first kappa shape index (κ1) is 64.2. The number of carboxylic acids is 5. The highest BCUT2D eigenvalue weighted by atomic mass is 35.5. The minimum absolute atomic E-state index is 0.0208. The van der Waals surface area contributed by atoms with Crippen LogP contribution in [0.15, 0.2) is 108 Å². The molecule has 6 rings (SSSR count). The number of hydrogen-bond donors (Lipinski definition) is 9. The number of aromatic carboxylic acids is 1. The Kier molecular flexibility index (Phi) is 27.3. The van der Waals surface area contributed by atoms with Gasteiger partial charge in [-0.25, -0.2) is 27.6 Å². The SMILES string of the molecule is COc1ccc(CCC(=O)O)c(C)c1.N[C@H](CCC(=O)NCCS(=O)(=O)O)C(=O)O.O=C(O)C(O)c1ccc(F)cc1F.O=C(O)C=Cc1ccc(Cl)c(F)c1.O=C(O)c1ccc(N=Cc2ccc3c(c2)CCC3)cc1. The van der Waals surface area contributed by atoms with Crippen molar-refractivity contribution in [1.82, 2.24) is 5.32 Å². The molecule has 0 aliphatic heterocycles. The van der Waals surface area contributed by atoms with Crippen molar-refractivity contribution in [3.05, 3.63) is 170 Å². The molecule has 5 aromatic rings. The zero-order chi connectivity index (χ0) is 57.1. The van der Waals surface area contributed by atoms with E-state index in [1.165, 1.54) is 48.2 Å². The predicted octanol–water partition coefficient (Wildman–Crippen LogP) is 7.49. The molecule has 1 amide bonds. The van der Waals surface area contributed by atoms with Crippen LogP contribution in [0.5, 0.6) is 5.75 Å². The van der Waals surface area contributed by atoms with E-state index in [-0.39, 0.29) is 36.4 Å². The third-order valence-electron chi connectivity index (χ3n) is 10.3. The number of benzene rings is 5. The second kappa shape index (κ2) is 32.4. The summed E-state index contributed by atoms with van der Waals surface area (Å²) in [5.74, 6) is -8.28. The van der Waals surface area contributed by atoms with E-state index in [1.54, 1.807) is 31.4 Å². The molecule has 5 aromatic carbocycles. The zero-order valence-corrected chi connectivity index (χ0v) is 42.3. The van der Waals surface area contributed by atoms with E-state index in [9.17, 15) is 50.4 Å². The lowest BCUT2D eigenvalue weighted by Crippen LogP contribution is -2.34. The van der Waals surface area contributed by atoms with Crippen molar-refractivity contribution in [2.75, 3.05) is 19.4 Å². The summed E-state index contributed by atoms with van der Waals surface area (Å²) >= 11 is 5.43. The zero-order valence-electron chi connectivity index (χ0n) is 40.7. The summed E-state index contributed by atoms with van der Waals surface area (Å²) in [4.78, 5) is 67.2. The molecule has 0 heterocycles. The van der Waals surface area contributed by atoms with Crippen molar-refractivity contribution in [2.24, 2.45) is 10.7 Å². The molecule has 0 bridgehead atoms. The molecule has 408 valence electrons. The van der Waals surface area contributed by atoms with Crippen LogP contribution in [0.4, 0.5) is 18.9 Å². The molecule has 0 saturated heterocycles. The van der Waals surface area contributed by atoms with Gasteiger partial charge in [-0.15, -0.1) is 0 Å². The molecule has 0 spiro atoms. The third-order valence-corrected chi connectivity index (χ3v) is 11.3. The highest BCUT2D eigenvalue weighted by Crippen LogP contribution is 2.23. The first-order valence-electron chi connectivity index (χ1n) is 22.5. The summed E-state index contributed by atoms with van der Waals surface area (Å²) in [6.45, 7) is 1.74. The van der Waals surface area contributed by atoms with Crippen LogP contribution in [0.1, 0.15) is 81.1 Å². The lowest BCUT2D eigenvalue weighted by Gasteiger charge is -2.06. The number of aliphatic hydroxyl groups excluding tert-OH is 1. The van der Waals surface area contributed by atoms with Crippen molar-refractivity contribution in [1.29, 1.82) is 0 Å². The number of amides is 1. The average molecular weight is 1100 g/mol. The maximum Gasteiger partial charge on any atom is 0.337 e. The average Bonchev–Trinajstić information content (AvgIpc) is 3.83. The molecule has 1 aliphatic carbocycles. The molecular weight excluding hydrogens is 1050 g/mol. The van der Waals surface area contributed by atoms with Crippen LogP contribution in [0.3, 0.4) is 0 Å². The highest BCUT2D eigenvalue weighted by Gasteiger charge is 2.20. The number of nitrogens with one attached hydrogen (secondary N) is 1. The second-order valence-electron chi connectivity index (χ2n) is 16.0. The van der Waals surface area contributed by atoms with Gasteiger partial charge >= 0.3 is 29.8 Å². The van der Waals surface area contributed by atoms with Gasteiger partial charge < -0.3 is 46.4 Å². The molecule has 0 fully saturated rings. The van der Waals surface area contributed by atoms with Crippen LogP contribution in [0.2, 0.25) is 5.02 Å². The number of aliphatic carboxylic acids is 4. The van der Waals surface area contributed by atoms with E-state index in [0.717, 1.165) is 52.8 Å². The molecule has 10 N–H and O–H groups in total. The number of ether oxygens (including phenoxy) is 1. The van der Waals surface area contributed by atoms with Crippen molar-refractivity contribution < 1.29 is 90.3 Å². The number of carbonyl (C=O) groups is 6. The standard InChI is InChI=1S/C17H15NO2.C11H14O3.C9H6ClFO2.C8H6F2O3.C7H14N2O6S/c19-17(20)14-6-8-16(9-7-14)18-11-12-4-5-13-2-1-3-15(13)10-12;1-8-7-10(14-2)5-3-9(8)4-6-11(12)13;10-7-3-1-6(5-8(7)11)2-4-9(12)13;9-4-1-2-5(6(10)3-4)7(11)8(12)13;8-5(7(11)12)1-2-6(10)9-3-4-16(13,14)15/h4-11H,1-3H2,(H,19,20);3,5,7H,4,6H2,1-2H3,(H,12,13);1-5H,(H,12,13);1-3,7,11H,(H,12,13);5H,1-4,8H2,(H,9,10)(H,11,12)(H,13,14,15)/t;;;;5-/m....1/s1. The number of halogens is 4. The van der Waals surface area contributed by atoms with Gasteiger partial charge in [-0.05, 0) is 145 Å². The lowest BCUT2D eigenvalue weighted by atomic mass is 10.0. The fourth-order valence-electron chi connectivity index (χ4n) is 6.29. The lowest BCUT2D eigenvalue weighted by molar-refractivity contribution is -0.147. The summed E-state index contributed by atoms with van der Waals surface area (Å²) in [6.07, 6.45) is 6.28. The minimum atomic E-state index is -4.10. The molecule has 0 radical (unpaired) electrons. The van der Waals surface area contributed by atoms with Crippen LogP contribution in [-0.2, 0) is 53.4 Å². The van der Waals surface area contributed by atoms with Gasteiger partial charge in [0.15, 0.2) is 6.10 Å². The van der Waals surface area contributed by atoms with E-state index in [4.69, 9.17) is 57.3 Å². The van der Waals surface area contributed by atoms with E-state index < -0.39 is 86.8 Å². The Balaban J connectivity index is 0.000000329. The first-order chi connectivity index (χ1) is 35.7. The van der Waals surface area contributed by atoms with Crippen LogP contribution in [-0.4, -0.2) is 111 Å². The molecule has 19 nitrogen and oxygen atoms in total. The second-order valence-corrected chi connectivity index (χ2v) is 18.0. The van der Waals surface area contributed by atoms with Gasteiger partial charge in [0.05, 0.1) is 29.1 Å². The molecule has 0 aromatic heterocycles. The summed E-state index contributed by atoms with van der Waals surface area (Å²) < 4.78 is 71.9. The minimum Gasteiger partial charge on any atom is -0.497 e. The van der Waals surface area contributed by atoms with E-state index >= 15 is 0 Å². The monoisotopic (exact) mass is 1100 g/mol. The number of aliphatic hydroxyl groups is 1. The van der Waals surface area contributed by atoms with Crippen LogP contribution >= 0.6 is 11.6 Å². The van der Waals surface area contributed by atoms with Crippen LogP contribution in [0.25, 0.3) is 6.08 Å². The first-order valence-corrected chi connectivity index (χ1v) is 24.4. The Hall–Kier alpha value is -7.96. The number of fused-ring (bicyclic) bond motifs is 1. The van der Waals surface area contributed by atoms with Gasteiger partial charge in [-0.2, -0.15) is 8.42 Å². The molecule has 24 heteroatoms. The van der Waals surface area contributed by atoms with Gasteiger partial charge in [-0.3, -0.25) is 23.9 Å². The Morgan fingerprint density at radius 2 is 1.46 bits per heavy atom. The quantitative estimate of drug-likeness (QED) is 0.0233. The predicted molar refractivity (Wildman–Crippen MR) is 274 cm³/mol. The number of carboxylic acid groups (broad SMARTS) is 5.